The Morgan fingerprint density at radius 1 is 1.03 bits per heavy atom. The molecule has 0 radical (unpaired) electrons. The molecule has 4 rings (SSSR count). The molecule has 1 heterocycles. The van der Waals surface area contributed by atoms with Crippen LogP contribution in [-0.2, 0) is 12.6 Å². The Hall–Kier alpha value is -3.29. The molecule has 1 aliphatic carbocycles. The van der Waals surface area contributed by atoms with E-state index < -0.39 is 11.7 Å². The zero-order valence-electron chi connectivity index (χ0n) is 15.0. The third-order valence-corrected chi connectivity index (χ3v) is 4.83. The highest BCUT2D eigenvalue weighted by atomic mass is 19.4. The van der Waals surface area contributed by atoms with E-state index in [1.807, 2.05) is 0 Å². The van der Waals surface area contributed by atoms with E-state index in [4.69, 9.17) is 0 Å². The summed E-state index contributed by atoms with van der Waals surface area (Å²) in [6, 6.07) is 10.7. The van der Waals surface area contributed by atoms with E-state index in [2.05, 4.69) is 15.3 Å². The van der Waals surface area contributed by atoms with Gasteiger partial charge in [-0.1, -0.05) is 18.2 Å². The number of Topliss-reactive ketones (excluding diaryl/α,β-unsaturated/α-hetero) is 1. The molecule has 4 nitrogen and oxygen atoms in total. The van der Waals surface area contributed by atoms with Crippen molar-refractivity contribution in [2.45, 2.75) is 24.9 Å². The number of fused-ring (bicyclic) bond motifs is 1. The first-order valence-corrected chi connectivity index (χ1v) is 8.88. The van der Waals surface area contributed by atoms with Gasteiger partial charge in [-0.05, 0) is 48.2 Å². The van der Waals surface area contributed by atoms with E-state index in [1.54, 1.807) is 12.1 Å². The van der Waals surface area contributed by atoms with Gasteiger partial charge in [0, 0.05) is 18.3 Å². The Morgan fingerprint density at radius 3 is 2.52 bits per heavy atom. The smallest absolute Gasteiger partial charge is 0.324 e. The van der Waals surface area contributed by atoms with Crippen LogP contribution in [-0.4, -0.2) is 15.8 Å². The van der Waals surface area contributed by atoms with Gasteiger partial charge in [0.25, 0.3) is 0 Å². The quantitative estimate of drug-likeness (QED) is 0.606. The molecule has 0 saturated heterocycles. The molecule has 1 atom stereocenters. The lowest BCUT2D eigenvalue weighted by molar-refractivity contribution is -0.137. The van der Waals surface area contributed by atoms with Gasteiger partial charge in [-0.25, -0.2) is 14.4 Å². The molecule has 0 amide bonds. The van der Waals surface area contributed by atoms with Crippen molar-refractivity contribution < 1.29 is 22.4 Å². The summed E-state index contributed by atoms with van der Waals surface area (Å²) in [7, 11) is 0. The second-order valence-corrected chi connectivity index (χ2v) is 6.84. The monoisotopic (exact) mass is 401 g/mol. The van der Waals surface area contributed by atoms with Crippen LogP contribution in [0.25, 0.3) is 0 Å². The number of carbonyl (C=O) groups is 1. The molecular weight excluding hydrogens is 386 g/mol. The molecule has 29 heavy (non-hydrogen) atoms. The number of carbonyl (C=O) groups excluding carboxylic acids is 1. The Morgan fingerprint density at radius 2 is 1.79 bits per heavy atom. The third kappa shape index (κ3) is 4.11. The first-order valence-electron chi connectivity index (χ1n) is 8.88. The third-order valence-electron chi connectivity index (χ3n) is 4.83. The van der Waals surface area contributed by atoms with E-state index >= 15 is 0 Å². The van der Waals surface area contributed by atoms with Crippen LogP contribution in [0, 0.1) is 5.82 Å². The number of benzene rings is 2. The number of nitrogens with zero attached hydrogens (tertiary/aromatic N) is 2. The Bertz CT molecular complexity index is 1060. The van der Waals surface area contributed by atoms with Crippen LogP contribution < -0.4 is 5.32 Å². The van der Waals surface area contributed by atoms with Gasteiger partial charge >= 0.3 is 6.18 Å². The molecule has 1 unspecified atom stereocenters. The lowest BCUT2D eigenvalue weighted by atomic mass is 9.82. The number of hydrogen-bond donors (Lipinski definition) is 1. The molecule has 0 bridgehead atoms. The fourth-order valence-corrected chi connectivity index (χ4v) is 3.38. The summed E-state index contributed by atoms with van der Waals surface area (Å²) < 4.78 is 51.8. The van der Waals surface area contributed by atoms with Crippen molar-refractivity contribution in [3.05, 3.63) is 82.9 Å². The highest BCUT2D eigenvalue weighted by molar-refractivity contribution is 5.98. The van der Waals surface area contributed by atoms with Gasteiger partial charge < -0.3 is 5.32 Å². The molecule has 0 aliphatic heterocycles. The van der Waals surface area contributed by atoms with Gasteiger partial charge in [0.1, 0.15) is 5.82 Å². The minimum absolute atomic E-state index is 0.107. The zero-order valence-corrected chi connectivity index (χ0v) is 15.0. The lowest BCUT2D eigenvalue weighted by Gasteiger charge is -2.23. The maximum Gasteiger partial charge on any atom is 0.416 e. The Balaban J connectivity index is 1.59. The van der Waals surface area contributed by atoms with Crippen molar-refractivity contribution in [2.24, 2.45) is 0 Å². The minimum atomic E-state index is -4.46. The molecule has 2 aromatic carbocycles. The molecule has 0 spiro atoms. The highest BCUT2D eigenvalue weighted by Gasteiger charge is 2.31. The van der Waals surface area contributed by atoms with Crippen LogP contribution in [0.5, 0.6) is 0 Å². The molecule has 1 aliphatic rings. The average molecular weight is 401 g/mol. The first kappa shape index (κ1) is 19.0. The molecule has 1 aromatic heterocycles. The summed E-state index contributed by atoms with van der Waals surface area (Å²) in [5, 5.41) is 2.76. The van der Waals surface area contributed by atoms with Crippen molar-refractivity contribution in [3.63, 3.8) is 0 Å². The number of anilines is 2. The maximum atomic E-state index is 13.2. The number of ketones is 1. The summed E-state index contributed by atoms with van der Waals surface area (Å²) >= 11 is 0. The molecular formula is C21H15F4N3O. The van der Waals surface area contributed by atoms with Gasteiger partial charge in [0.05, 0.1) is 16.8 Å². The number of aromatic nitrogens is 2. The summed E-state index contributed by atoms with van der Waals surface area (Å²) in [5.41, 5.74) is 1.15. The summed E-state index contributed by atoms with van der Waals surface area (Å²) in [4.78, 5) is 20.9. The van der Waals surface area contributed by atoms with Crippen LogP contribution in [0.1, 0.15) is 39.5 Å². The van der Waals surface area contributed by atoms with Crippen LogP contribution >= 0.6 is 0 Å². The molecule has 0 saturated carbocycles. The zero-order chi connectivity index (χ0) is 20.6. The van der Waals surface area contributed by atoms with Crippen molar-refractivity contribution in [2.75, 3.05) is 5.32 Å². The van der Waals surface area contributed by atoms with Crippen LogP contribution in [0.2, 0.25) is 0 Å². The van der Waals surface area contributed by atoms with Crippen molar-refractivity contribution in [3.8, 4) is 0 Å². The molecule has 1 N–H and O–H groups in total. The average Bonchev–Trinajstić information content (AvgIpc) is 2.68. The minimum Gasteiger partial charge on any atom is -0.324 e. The Kier molecular flexibility index (Phi) is 4.77. The molecule has 0 fully saturated rings. The number of nitrogens with one attached hydrogen (secondary N) is 1. The predicted molar refractivity (Wildman–Crippen MR) is 98.6 cm³/mol. The van der Waals surface area contributed by atoms with Crippen LogP contribution in [0.15, 0.2) is 54.7 Å². The fourth-order valence-electron chi connectivity index (χ4n) is 3.38. The van der Waals surface area contributed by atoms with E-state index in [-0.39, 0.29) is 35.6 Å². The second kappa shape index (κ2) is 7.27. The van der Waals surface area contributed by atoms with E-state index in [0.717, 1.165) is 17.7 Å². The standard InChI is InChI=1S/C21H15F4N3O/c22-15-6-4-12(5-7-15)13-8-18-17(19(29)9-13)11-26-20(28-18)27-16-3-1-2-14(10-16)21(23,24)25/h1-7,10-11,13H,8-9H2,(H,26,27,28). The molecule has 3 aromatic rings. The van der Waals surface area contributed by atoms with Gasteiger partial charge in [-0.2, -0.15) is 13.2 Å². The summed E-state index contributed by atoms with van der Waals surface area (Å²) in [5.74, 6) is -0.514. The summed E-state index contributed by atoms with van der Waals surface area (Å²) in [6.07, 6.45) is -2.35. The van der Waals surface area contributed by atoms with E-state index in [1.165, 1.54) is 30.5 Å². The van der Waals surface area contributed by atoms with E-state index in [0.29, 0.717) is 17.7 Å². The SMILES string of the molecule is O=C1CC(c2ccc(F)cc2)Cc2nc(Nc3cccc(C(F)(F)F)c3)ncc21. The predicted octanol–water partition coefficient (Wildman–Crippen LogP) is 5.29. The maximum absolute atomic E-state index is 13.2. The van der Waals surface area contributed by atoms with Gasteiger partial charge in [0.2, 0.25) is 5.95 Å². The van der Waals surface area contributed by atoms with Crippen molar-refractivity contribution in [1.82, 2.24) is 9.97 Å². The van der Waals surface area contributed by atoms with Crippen molar-refractivity contribution >= 4 is 17.4 Å². The normalized spacial score (nSPS) is 16.4. The van der Waals surface area contributed by atoms with Gasteiger partial charge in [-0.15, -0.1) is 0 Å². The van der Waals surface area contributed by atoms with Crippen LogP contribution in [0.4, 0.5) is 29.2 Å². The number of alkyl halides is 3. The van der Waals surface area contributed by atoms with E-state index in [9.17, 15) is 22.4 Å². The number of rotatable bonds is 3. The number of hydrogen-bond acceptors (Lipinski definition) is 4. The summed E-state index contributed by atoms with van der Waals surface area (Å²) in [6.45, 7) is 0. The topological polar surface area (TPSA) is 54.9 Å². The molecule has 148 valence electrons. The van der Waals surface area contributed by atoms with Crippen LogP contribution in [0.3, 0.4) is 0 Å². The first-order chi connectivity index (χ1) is 13.8. The fraction of sp³-hybridized carbons (Fsp3) is 0.190. The highest BCUT2D eigenvalue weighted by Crippen LogP contribution is 2.33. The van der Waals surface area contributed by atoms with Crippen molar-refractivity contribution in [1.29, 1.82) is 0 Å². The van der Waals surface area contributed by atoms with Gasteiger partial charge in [0.15, 0.2) is 5.78 Å². The van der Waals surface area contributed by atoms with Gasteiger partial charge in [-0.3, -0.25) is 4.79 Å². The Labute approximate surface area is 163 Å². The second-order valence-electron chi connectivity index (χ2n) is 6.84. The lowest BCUT2D eigenvalue weighted by Crippen LogP contribution is -2.21. The number of halogens is 4. The molecule has 8 heteroatoms. The largest absolute Gasteiger partial charge is 0.416 e.